The van der Waals surface area contributed by atoms with E-state index in [1.54, 1.807) is 13.1 Å². The number of rotatable bonds is 3. The fourth-order valence-corrected chi connectivity index (χ4v) is 0.284. The van der Waals surface area contributed by atoms with Gasteiger partial charge >= 0.3 is 0 Å². The van der Waals surface area contributed by atoms with Crippen molar-refractivity contribution in [3.05, 3.63) is 12.7 Å². The Morgan fingerprint density at radius 3 is 2.57 bits per heavy atom. The topological polar surface area (TPSA) is 32.3 Å². The summed E-state index contributed by atoms with van der Waals surface area (Å²) in [5.74, 6) is 0. The van der Waals surface area contributed by atoms with Gasteiger partial charge < -0.3 is 10.4 Å². The average Bonchev–Trinajstić information content (AvgIpc) is 1.72. The lowest BCUT2D eigenvalue weighted by molar-refractivity contribution is 0.270. The molecule has 0 aliphatic rings. The van der Waals surface area contributed by atoms with Gasteiger partial charge in [-0.05, 0) is 7.05 Å². The Bertz CT molecular complexity index is 50.0. The van der Waals surface area contributed by atoms with Gasteiger partial charge in [-0.15, -0.1) is 6.58 Å². The van der Waals surface area contributed by atoms with Gasteiger partial charge in [0.15, 0.2) is 0 Å². The maximum absolute atomic E-state index is 8.39. The molecule has 0 amide bonds. The third kappa shape index (κ3) is 2.37. The molecule has 0 heterocycles. The minimum atomic E-state index is 0.0556. The van der Waals surface area contributed by atoms with Crippen LogP contribution in [0.2, 0.25) is 0 Å². The molecule has 42 valence electrons. The van der Waals surface area contributed by atoms with Crippen LogP contribution in [-0.4, -0.2) is 24.8 Å². The molecule has 0 bridgehead atoms. The van der Waals surface area contributed by atoms with Crippen molar-refractivity contribution in [1.29, 1.82) is 0 Å². The Balaban J connectivity index is 3.16. The summed E-state index contributed by atoms with van der Waals surface area (Å²) in [5.41, 5.74) is 0. The minimum absolute atomic E-state index is 0.0556. The van der Waals surface area contributed by atoms with Crippen LogP contribution >= 0.6 is 0 Å². The first-order chi connectivity index (χ1) is 3.35. The predicted octanol–water partition coefficient (Wildman–Crippen LogP) is -0.247. The van der Waals surface area contributed by atoms with Crippen LogP contribution in [0.25, 0.3) is 0 Å². The monoisotopic (exact) mass is 101 g/mol. The highest BCUT2D eigenvalue weighted by molar-refractivity contribution is 4.82. The summed E-state index contributed by atoms with van der Waals surface area (Å²) >= 11 is 0. The smallest absolute Gasteiger partial charge is 0.0620 e. The molecule has 0 aromatic carbocycles. The molecule has 1 atom stereocenters. The molecule has 0 saturated heterocycles. The minimum Gasteiger partial charge on any atom is -0.394 e. The van der Waals surface area contributed by atoms with Crippen molar-refractivity contribution in [3.8, 4) is 0 Å². The van der Waals surface area contributed by atoms with Gasteiger partial charge in [0.1, 0.15) is 0 Å². The van der Waals surface area contributed by atoms with Crippen molar-refractivity contribution >= 4 is 0 Å². The van der Waals surface area contributed by atoms with E-state index in [-0.39, 0.29) is 12.6 Å². The average molecular weight is 101 g/mol. The zero-order valence-corrected chi connectivity index (χ0v) is 4.52. The van der Waals surface area contributed by atoms with E-state index < -0.39 is 0 Å². The van der Waals surface area contributed by atoms with E-state index in [1.165, 1.54) is 0 Å². The lowest BCUT2D eigenvalue weighted by atomic mass is 10.3. The van der Waals surface area contributed by atoms with Crippen molar-refractivity contribution < 1.29 is 5.11 Å². The molecule has 0 aromatic heterocycles. The van der Waals surface area contributed by atoms with Crippen molar-refractivity contribution in [3.63, 3.8) is 0 Å². The summed E-state index contributed by atoms with van der Waals surface area (Å²) in [6.45, 7) is 3.61. The molecule has 0 rings (SSSR count). The highest BCUT2D eigenvalue weighted by Crippen LogP contribution is 1.76. The van der Waals surface area contributed by atoms with E-state index in [0.29, 0.717) is 0 Å². The van der Waals surface area contributed by atoms with Gasteiger partial charge in [0.2, 0.25) is 0 Å². The second-order valence-electron chi connectivity index (χ2n) is 1.31. The number of likely N-dealkylation sites (N-methyl/N-ethyl adjacent to an activating group) is 1. The van der Waals surface area contributed by atoms with Gasteiger partial charge in [-0.1, -0.05) is 6.08 Å². The summed E-state index contributed by atoms with van der Waals surface area (Å²) < 4.78 is 0. The van der Waals surface area contributed by atoms with Crippen molar-refractivity contribution in [2.24, 2.45) is 0 Å². The molecule has 0 aliphatic carbocycles. The Morgan fingerprint density at radius 1 is 2.00 bits per heavy atom. The van der Waals surface area contributed by atoms with Crippen LogP contribution in [0.5, 0.6) is 0 Å². The molecule has 2 N–H and O–H groups in total. The maximum Gasteiger partial charge on any atom is 0.0620 e. The molecular formula is C5H11NO. The van der Waals surface area contributed by atoms with Crippen molar-refractivity contribution in [1.82, 2.24) is 5.32 Å². The van der Waals surface area contributed by atoms with Crippen molar-refractivity contribution in [2.75, 3.05) is 13.7 Å². The molecule has 7 heavy (non-hydrogen) atoms. The molecule has 0 fully saturated rings. The van der Waals surface area contributed by atoms with Crippen LogP contribution in [0.1, 0.15) is 0 Å². The van der Waals surface area contributed by atoms with Gasteiger partial charge in [-0.2, -0.15) is 0 Å². The van der Waals surface area contributed by atoms with E-state index in [0.717, 1.165) is 0 Å². The van der Waals surface area contributed by atoms with Gasteiger partial charge in [-0.25, -0.2) is 0 Å². The van der Waals surface area contributed by atoms with E-state index in [1.807, 2.05) is 0 Å². The normalized spacial score (nSPS) is 13.4. The summed E-state index contributed by atoms with van der Waals surface area (Å²) in [7, 11) is 1.78. The van der Waals surface area contributed by atoms with E-state index >= 15 is 0 Å². The quantitative estimate of drug-likeness (QED) is 0.480. The molecule has 0 spiro atoms. The first-order valence-electron chi connectivity index (χ1n) is 2.25. The Kier molecular flexibility index (Phi) is 3.65. The maximum atomic E-state index is 8.39. The number of aliphatic hydroxyl groups is 1. The number of hydrogen-bond acceptors (Lipinski definition) is 2. The van der Waals surface area contributed by atoms with Crippen LogP contribution in [0, 0.1) is 0 Å². The van der Waals surface area contributed by atoms with Crippen LogP contribution in [0.3, 0.4) is 0 Å². The van der Waals surface area contributed by atoms with Crippen LogP contribution < -0.4 is 5.32 Å². The summed E-state index contributed by atoms with van der Waals surface area (Å²) in [6, 6.07) is 0.0556. The fourth-order valence-electron chi connectivity index (χ4n) is 0.284. The highest BCUT2D eigenvalue weighted by atomic mass is 16.3. The summed E-state index contributed by atoms with van der Waals surface area (Å²) in [4.78, 5) is 0. The molecule has 0 aliphatic heterocycles. The third-order valence-corrected chi connectivity index (χ3v) is 0.852. The van der Waals surface area contributed by atoms with E-state index in [4.69, 9.17) is 5.11 Å². The molecule has 2 heteroatoms. The zero-order valence-electron chi connectivity index (χ0n) is 4.52. The second-order valence-corrected chi connectivity index (χ2v) is 1.31. The standard InChI is InChI=1S/C5H11NO/c1-3-5(4-7)6-2/h3,5-7H,1,4H2,2H3/t5-/m1/s1. The Labute approximate surface area is 43.9 Å². The van der Waals surface area contributed by atoms with Crippen LogP contribution in [0.15, 0.2) is 12.7 Å². The molecule has 0 aromatic rings. The number of nitrogens with one attached hydrogen (secondary N) is 1. The Morgan fingerprint density at radius 2 is 2.57 bits per heavy atom. The first kappa shape index (κ1) is 6.66. The lowest BCUT2D eigenvalue weighted by Gasteiger charge is -2.03. The number of aliphatic hydroxyl groups excluding tert-OH is 1. The van der Waals surface area contributed by atoms with Gasteiger partial charge in [0.25, 0.3) is 0 Å². The molecule has 0 unspecified atom stereocenters. The van der Waals surface area contributed by atoms with Gasteiger partial charge in [-0.3, -0.25) is 0 Å². The Hall–Kier alpha value is -0.340. The van der Waals surface area contributed by atoms with E-state index in [9.17, 15) is 0 Å². The predicted molar refractivity (Wildman–Crippen MR) is 30.1 cm³/mol. The SMILES string of the molecule is C=C[C@H](CO)NC. The molecule has 0 saturated carbocycles. The largest absolute Gasteiger partial charge is 0.394 e. The molecule has 0 radical (unpaired) electrons. The fraction of sp³-hybridized carbons (Fsp3) is 0.600. The van der Waals surface area contributed by atoms with Crippen LogP contribution in [0.4, 0.5) is 0 Å². The van der Waals surface area contributed by atoms with Crippen molar-refractivity contribution in [2.45, 2.75) is 6.04 Å². The van der Waals surface area contributed by atoms with Crippen LogP contribution in [-0.2, 0) is 0 Å². The van der Waals surface area contributed by atoms with E-state index in [2.05, 4.69) is 11.9 Å². The zero-order chi connectivity index (χ0) is 5.70. The molecule has 2 nitrogen and oxygen atoms in total. The van der Waals surface area contributed by atoms with Gasteiger partial charge in [0, 0.05) is 6.04 Å². The highest BCUT2D eigenvalue weighted by Gasteiger charge is 1.92. The number of hydrogen-bond donors (Lipinski definition) is 2. The third-order valence-electron chi connectivity index (χ3n) is 0.852. The molecular weight excluding hydrogens is 90.1 g/mol. The second kappa shape index (κ2) is 3.84. The summed E-state index contributed by atoms with van der Waals surface area (Å²) in [5, 5.41) is 11.2. The van der Waals surface area contributed by atoms with Gasteiger partial charge in [0.05, 0.1) is 6.61 Å². The lowest BCUT2D eigenvalue weighted by Crippen LogP contribution is -2.25. The first-order valence-corrected chi connectivity index (χ1v) is 2.25. The summed E-state index contributed by atoms with van der Waals surface area (Å²) in [6.07, 6.45) is 1.67.